The zero-order valence-electron chi connectivity index (χ0n) is 17.8. The third kappa shape index (κ3) is 11.4. The van der Waals surface area contributed by atoms with Crippen LogP contribution in [0.25, 0.3) is 0 Å². The minimum Gasteiger partial charge on any atom is -1.00 e. The molecule has 0 rings (SSSR count). The van der Waals surface area contributed by atoms with Crippen LogP contribution < -0.4 is 51.4 Å². The Kier molecular flexibility index (Phi) is 14.4. The molecule has 0 aliphatic rings. The molecule has 0 aliphatic heterocycles. The van der Waals surface area contributed by atoms with Gasteiger partial charge in [-0.3, -0.25) is 9.35 Å². The zero-order valence-corrected chi connectivity index (χ0v) is 20.7. The van der Waals surface area contributed by atoms with Gasteiger partial charge in [0.2, 0.25) is 0 Å². The monoisotopic (exact) mass is 446 g/mol. The first-order chi connectivity index (χ1) is 12.3. The van der Waals surface area contributed by atoms with Gasteiger partial charge in [0, 0.05) is 11.1 Å². The summed E-state index contributed by atoms with van der Waals surface area (Å²) in [5.41, 5.74) is -1.23. The van der Waals surface area contributed by atoms with E-state index in [2.05, 4.69) is 13.2 Å². The van der Waals surface area contributed by atoms with Gasteiger partial charge in [-0.25, -0.2) is 9.59 Å². The molecule has 0 heterocycles. The second kappa shape index (κ2) is 13.6. The van der Waals surface area contributed by atoms with Crippen LogP contribution in [0.1, 0.15) is 35.0 Å². The first-order valence-electron chi connectivity index (χ1n) is 8.12. The van der Waals surface area contributed by atoms with E-state index in [9.17, 15) is 22.8 Å². The van der Waals surface area contributed by atoms with Crippen molar-refractivity contribution in [2.24, 2.45) is 5.41 Å². The molecule has 11 heteroatoms. The SMILES string of the molecule is C=C(C)C(=O)OCC(CC)(COC(=O)C(=C)C)C(=O)OCCCS(=O)(=O)O.[H-].[K+]. The topological polar surface area (TPSA) is 133 Å². The van der Waals surface area contributed by atoms with E-state index in [1.165, 1.54) is 13.8 Å². The van der Waals surface area contributed by atoms with Gasteiger partial charge in [0.05, 0.1) is 12.4 Å². The molecule has 1 N–H and O–H groups in total. The molecule has 0 radical (unpaired) electrons. The summed E-state index contributed by atoms with van der Waals surface area (Å²) in [6, 6.07) is 0. The van der Waals surface area contributed by atoms with Crippen molar-refractivity contribution in [1.82, 2.24) is 0 Å². The third-order valence-corrected chi connectivity index (χ3v) is 4.35. The van der Waals surface area contributed by atoms with Crippen LogP contribution >= 0.6 is 0 Å². The van der Waals surface area contributed by atoms with Crippen molar-refractivity contribution in [1.29, 1.82) is 0 Å². The molecule has 0 saturated heterocycles. The fraction of sp³-hybridized carbons (Fsp3) is 0.588. The number of hydrogen-bond donors (Lipinski definition) is 1. The van der Waals surface area contributed by atoms with E-state index in [-0.39, 0.29) is 83.4 Å². The Morgan fingerprint density at radius 1 is 1.00 bits per heavy atom. The second-order valence-corrected chi connectivity index (χ2v) is 7.69. The van der Waals surface area contributed by atoms with Crippen molar-refractivity contribution < 1.29 is 94.4 Å². The van der Waals surface area contributed by atoms with Crippen LogP contribution in [-0.2, 0) is 38.7 Å². The molecule has 0 fully saturated rings. The third-order valence-electron chi connectivity index (χ3n) is 3.55. The summed E-state index contributed by atoms with van der Waals surface area (Å²) < 4.78 is 45.2. The molecule has 0 bridgehead atoms. The first kappa shape index (κ1) is 29.6. The smallest absolute Gasteiger partial charge is 1.00 e. The number of ether oxygens (including phenoxy) is 3. The molecule has 0 saturated carbocycles. The standard InChI is InChI=1S/C17H26O9S.K.H/c1-6-17(10-25-14(18)12(2)3,11-26-15(19)13(4)5)16(20)24-8-7-9-27(21,22)23;;/h2,4,6-11H2,1,3,5H3,(H,21,22,23);;/q;+1;-1. The van der Waals surface area contributed by atoms with Crippen molar-refractivity contribution in [3.63, 3.8) is 0 Å². The number of carbonyl (C=O) groups is 3. The maximum atomic E-state index is 12.5. The molecule has 0 spiro atoms. The summed E-state index contributed by atoms with van der Waals surface area (Å²) in [7, 11) is -4.17. The van der Waals surface area contributed by atoms with Crippen LogP contribution in [0.15, 0.2) is 24.3 Å². The number of rotatable bonds is 12. The second-order valence-electron chi connectivity index (χ2n) is 6.12. The maximum Gasteiger partial charge on any atom is 1.00 e. The van der Waals surface area contributed by atoms with E-state index < -0.39 is 52.4 Å². The number of hydrogen-bond acceptors (Lipinski definition) is 8. The molecule has 0 aromatic rings. The van der Waals surface area contributed by atoms with Crippen LogP contribution in [0.5, 0.6) is 0 Å². The van der Waals surface area contributed by atoms with E-state index in [1.807, 2.05) is 0 Å². The molecule has 9 nitrogen and oxygen atoms in total. The fourth-order valence-corrected chi connectivity index (χ4v) is 2.20. The maximum absolute atomic E-state index is 12.5. The predicted octanol–water partition coefficient (Wildman–Crippen LogP) is -1.44. The van der Waals surface area contributed by atoms with Crippen LogP contribution in [0, 0.1) is 5.41 Å². The quantitative estimate of drug-likeness (QED) is 0.0955. The summed E-state index contributed by atoms with van der Waals surface area (Å²) in [6.07, 6.45) is -0.0153. The van der Waals surface area contributed by atoms with Gasteiger partial charge in [-0.15, -0.1) is 0 Å². The fourth-order valence-electron chi connectivity index (χ4n) is 1.72. The van der Waals surface area contributed by atoms with Crippen LogP contribution in [-0.4, -0.2) is 56.5 Å². The Morgan fingerprint density at radius 3 is 1.75 bits per heavy atom. The van der Waals surface area contributed by atoms with Gasteiger partial charge in [0.15, 0.2) is 0 Å². The van der Waals surface area contributed by atoms with E-state index in [0.717, 1.165) is 0 Å². The van der Waals surface area contributed by atoms with Crippen molar-refractivity contribution >= 4 is 28.0 Å². The minimum absolute atomic E-state index is 0. The average Bonchev–Trinajstić information content (AvgIpc) is 2.57. The van der Waals surface area contributed by atoms with Gasteiger partial charge >= 0.3 is 69.3 Å². The normalized spacial score (nSPS) is 11.0. The van der Waals surface area contributed by atoms with Crippen LogP contribution in [0.2, 0.25) is 0 Å². The molecular formula is C17H27KO9S. The van der Waals surface area contributed by atoms with Gasteiger partial charge in [-0.05, 0) is 26.7 Å². The molecule has 0 amide bonds. The van der Waals surface area contributed by atoms with Gasteiger partial charge in [0.1, 0.15) is 18.6 Å². The molecule has 0 aromatic carbocycles. The molecule has 0 atom stereocenters. The molecule has 0 aliphatic carbocycles. The Balaban J connectivity index is -0.00000338. The largest absolute Gasteiger partial charge is 1.00 e. The van der Waals surface area contributed by atoms with E-state index in [0.29, 0.717) is 0 Å². The van der Waals surface area contributed by atoms with Gasteiger partial charge in [0.25, 0.3) is 10.1 Å². The van der Waals surface area contributed by atoms with E-state index in [1.54, 1.807) is 6.92 Å². The van der Waals surface area contributed by atoms with Gasteiger partial charge < -0.3 is 15.6 Å². The van der Waals surface area contributed by atoms with Crippen LogP contribution in [0.3, 0.4) is 0 Å². The van der Waals surface area contributed by atoms with Crippen molar-refractivity contribution in [3.8, 4) is 0 Å². The van der Waals surface area contributed by atoms with Crippen molar-refractivity contribution in [2.45, 2.75) is 33.6 Å². The molecule has 0 unspecified atom stereocenters. The predicted molar refractivity (Wildman–Crippen MR) is 97.4 cm³/mol. The Labute approximate surface area is 209 Å². The Morgan fingerprint density at radius 2 is 1.43 bits per heavy atom. The summed E-state index contributed by atoms with van der Waals surface area (Å²) >= 11 is 0. The first-order valence-corrected chi connectivity index (χ1v) is 9.73. The average molecular weight is 447 g/mol. The van der Waals surface area contributed by atoms with E-state index >= 15 is 0 Å². The molecule has 156 valence electrons. The van der Waals surface area contributed by atoms with Crippen molar-refractivity contribution in [3.05, 3.63) is 24.3 Å². The van der Waals surface area contributed by atoms with Crippen LogP contribution in [0.4, 0.5) is 0 Å². The minimum atomic E-state index is -4.17. The summed E-state index contributed by atoms with van der Waals surface area (Å²) in [6.45, 7) is 10.2. The van der Waals surface area contributed by atoms with Gasteiger partial charge in [-0.1, -0.05) is 20.1 Å². The Hall–Kier alpha value is -0.564. The summed E-state index contributed by atoms with van der Waals surface area (Å²) in [5.74, 6) is -2.85. The summed E-state index contributed by atoms with van der Waals surface area (Å²) in [5, 5.41) is 0. The summed E-state index contributed by atoms with van der Waals surface area (Å²) in [4.78, 5) is 35.8. The molecule has 28 heavy (non-hydrogen) atoms. The van der Waals surface area contributed by atoms with E-state index in [4.69, 9.17) is 18.8 Å². The molecular weight excluding hydrogens is 419 g/mol. The number of esters is 3. The molecule has 0 aromatic heterocycles. The Bertz CT molecular complexity index is 674. The van der Waals surface area contributed by atoms with Gasteiger partial charge in [-0.2, -0.15) is 8.42 Å². The van der Waals surface area contributed by atoms with Crippen molar-refractivity contribution in [2.75, 3.05) is 25.6 Å². The zero-order chi connectivity index (χ0) is 21.3. The number of carbonyl (C=O) groups excluding carboxylic acids is 3.